The minimum absolute atomic E-state index is 0.602. The summed E-state index contributed by atoms with van der Waals surface area (Å²) in [6, 6.07) is 8.21. The summed E-state index contributed by atoms with van der Waals surface area (Å²) in [4.78, 5) is 0. The molecule has 58 valence electrons. The lowest BCUT2D eigenvalue weighted by Gasteiger charge is -1.95. The van der Waals surface area contributed by atoms with Crippen LogP contribution in [0.5, 0.6) is 0 Å². The quantitative estimate of drug-likeness (QED) is 0.810. The van der Waals surface area contributed by atoms with Gasteiger partial charge in [-0.25, -0.2) is 0 Å². The van der Waals surface area contributed by atoms with Crippen LogP contribution in [-0.2, 0) is 0 Å². The highest BCUT2D eigenvalue weighted by molar-refractivity contribution is 14.1. The number of halogens is 1. The average molecular weight is 259 g/mol. The molecule has 2 N–H and O–H groups in total. The van der Waals surface area contributed by atoms with Crippen molar-refractivity contribution in [1.29, 1.82) is 0 Å². The fourth-order valence-electron chi connectivity index (χ4n) is 0.805. The van der Waals surface area contributed by atoms with E-state index in [0.717, 1.165) is 0 Å². The van der Waals surface area contributed by atoms with Gasteiger partial charge in [0.05, 0.1) is 0 Å². The molecule has 0 saturated carbocycles. The normalized spacial score (nSPS) is 10.7. The molecule has 1 aromatic rings. The number of nitrogens with two attached hydrogens (primary N) is 1. The molecular weight excluding hydrogens is 249 g/mol. The first-order valence-corrected chi connectivity index (χ1v) is 4.53. The Kier molecular flexibility index (Phi) is 3.59. The molecule has 0 bridgehead atoms. The standard InChI is InChI=1S/C9H10IN/c10-9-6-2-1-4-8(9)5-3-7-11/h1-6H,7,11H2. The first kappa shape index (κ1) is 8.74. The van der Waals surface area contributed by atoms with E-state index in [2.05, 4.69) is 34.7 Å². The van der Waals surface area contributed by atoms with E-state index < -0.39 is 0 Å². The van der Waals surface area contributed by atoms with Crippen LogP contribution in [0, 0.1) is 3.57 Å². The van der Waals surface area contributed by atoms with E-state index in [-0.39, 0.29) is 0 Å². The summed E-state index contributed by atoms with van der Waals surface area (Å²) >= 11 is 2.31. The van der Waals surface area contributed by atoms with Crippen molar-refractivity contribution in [2.75, 3.05) is 6.54 Å². The van der Waals surface area contributed by atoms with Gasteiger partial charge in [-0.15, -0.1) is 0 Å². The van der Waals surface area contributed by atoms with E-state index in [1.54, 1.807) is 0 Å². The van der Waals surface area contributed by atoms with Gasteiger partial charge < -0.3 is 5.73 Å². The van der Waals surface area contributed by atoms with Gasteiger partial charge in [-0.3, -0.25) is 0 Å². The molecule has 0 unspecified atom stereocenters. The van der Waals surface area contributed by atoms with Crippen molar-refractivity contribution in [2.24, 2.45) is 5.73 Å². The van der Waals surface area contributed by atoms with Crippen molar-refractivity contribution in [3.63, 3.8) is 0 Å². The molecule has 0 atom stereocenters. The maximum absolute atomic E-state index is 5.34. The first-order valence-electron chi connectivity index (χ1n) is 3.45. The number of hydrogen-bond donors (Lipinski definition) is 1. The van der Waals surface area contributed by atoms with Crippen LogP contribution in [0.4, 0.5) is 0 Å². The smallest absolute Gasteiger partial charge is 0.0202 e. The summed E-state index contributed by atoms with van der Waals surface area (Å²) in [6.45, 7) is 0.602. The van der Waals surface area contributed by atoms with E-state index in [0.29, 0.717) is 6.54 Å². The molecule has 0 aliphatic carbocycles. The van der Waals surface area contributed by atoms with Gasteiger partial charge in [-0.05, 0) is 34.2 Å². The number of benzene rings is 1. The van der Waals surface area contributed by atoms with Gasteiger partial charge in [0.1, 0.15) is 0 Å². The maximum Gasteiger partial charge on any atom is 0.0202 e. The molecular formula is C9H10IN. The molecule has 0 aliphatic heterocycles. The van der Waals surface area contributed by atoms with Crippen LogP contribution >= 0.6 is 22.6 Å². The zero-order valence-electron chi connectivity index (χ0n) is 6.13. The highest BCUT2D eigenvalue weighted by Crippen LogP contribution is 2.12. The first-order chi connectivity index (χ1) is 5.34. The summed E-state index contributed by atoms with van der Waals surface area (Å²) in [6.07, 6.45) is 4.00. The second kappa shape index (κ2) is 4.51. The third-order valence-electron chi connectivity index (χ3n) is 1.34. The lowest BCUT2D eigenvalue weighted by Crippen LogP contribution is -1.92. The zero-order chi connectivity index (χ0) is 8.10. The van der Waals surface area contributed by atoms with Crippen LogP contribution in [0.15, 0.2) is 30.3 Å². The van der Waals surface area contributed by atoms with Crippen molar-refractivity contribution >= 4 is 28.7 Å². The second-order valence-electron chi connectivity index (χ2n) is 2.16. The molecule has 0 spiro atoms. The predicted molar refractivity (Wildman–Crippen MR) is 57.2 cm³/mol. The summed E-state index contributed by atoms with van der Waals surface area (Å²) < 4.78 is 1.26. The van der Waals surface area contributed by atoms with Crippen LogP contribution < -0.4 is 5.73 Å². The van der Waals surface area contributed by atoms with Crippen LogP contribution in [0.1, 0.15) is 5.56 Å². The van der Waals surface area contributed by atoms with Gasteiger partial charge in [0.15, 0.2) is 0 Å². The maximum atomic E-state index is 5.34. The number of rotatable bonds is 2. The van der Waals surface area contributed by atoms with Crippen molar-refractivity contribution in [3.05, 3.63) is 39.5 Å². The molecule has 0 radical (unpaired) electrons. The van der Waals surface area contributed by atoms with E-state index in [1.807, 2.05) is 24.3 Å². The fraction of sp³-hybridized carbons (Fsp3) is 0.111. The van der Waals surface area contributed by atoms with E-state index in [9.17, 15) is 0 Å². The largest absolute Gasteiger partial charge is 0.327 e. The van der Waals surface area contributed by atoms with Gasteiger partial charge in [-0.2, -0.15) is 0 Å². The van der Waals surface area contributed by atoms with Gasteiger partial charge in [0.25, 0.3) is 0 Å². The lowest BCUT2D eigenvalue weighted by molar-refractivity contribution is 1.26. The topological polar surface area (TPSA) is 26.0 Å². The van der Waals surface area contributed by atoms with Gasteiger partial charge >= 0.3 is 0 Å². The highest BCUT2D eigenvalue weighted by Gasteiger charge is 1.90. The minimum Gasteiger partial charge on any atom is -0.327 e. The highest BCUT2D eigenvalue weighted by atomic mass is 127. The van der Waals surface area contributed by atoms with E-state index >= 15 is 0 Å². The van der Waals surface area contributed by atoms with Crippen molar-refractivity contribution in [2.45, 2.75) is 0 Å². The molecule has 11 heavy (non-hydrogen) atoms. The molecule has 0 fully saturated rings. The summed E-state index contributed by atoms with van der Waals surface area (Å²) in [5.41, 5.74) is 6.57. The molecule has 2 heteroatoms. The molecule has 0 aromatic heterocycles. The van der Waals surface area contributed by atoms with Crippen LogP contribution in [0.3, 0.4) is 0 Å². The molecule has 0 heterocycles. The van der Waals surface area contributed by atoms with Crippen LogP contribution in [0.25, 0.3) is 6.08 Å². The van der Waals surface area contributed by atoms with Crippen LogP contribution in [0.2, 0.25) is 0 Å². The third-order valence-corrected chi connectivity index (χ3v) is 2.32. The molecule has 0 aliphatic rings. The van der Waals surface area contributed by atoms with Crippen molar-refractivity contribution in [1.82, 2.24) is 0 Å². The van der Waals surface area contributed by atoms with Crippen molar-refractivity contribution < 1.29 is 0 Å². The summed E-state index contributed by atoms with van der Waals surface area (Å²) in [5, 5.41) is 0. The Bertz CT molecular complexity index is 255. The molecule has 1 aromatic carbocycles. The zero-order valence-corrected chi connectivity index (χ0v) is 8.28. The molecule has 0 saturated heterocycles. The van der Waals surface area contributed by atoms with Crippen molar-refractivity contribution in [3.8, 4) is 0 Å². The Morgan fingerprint density at radius 2 is 2.09 bits per heavy atom. The van der Waals surface area contributed by atoms with Crippen LogP contribution in [-0.4, -0.2) is 6.54 Å². The Balaban J connectivity index is 2.86. The van der Waals surface area contributed by atoms with Gasteiger partial charge in [0.2, 0.25) is 0 Å². The Hall–Kier alpha value is -0.350. The Morgan fingerprint density at radius 3 is 2.73 bits per heavy atom. The third kappa shape index (κ3) is 2.63. The summed E-state index contributed by atoms with van der Waals surface area (Å²) in [7, 11) is 0. The molecule has 0 amide bonds. The lowest BCUT2D eigenvalue weighted by atomic mass is 10.2. The average Bonchev–Trinajstić information content (AvgIpc) is 2.03. The predicted octanol–water partition coefficient (Wildman–Crippen LogP) is 2.26. The van der Waals surface area contributed by atoms with Gasteiger partial charge in [0, 0.05) is 10.1 Å². The number of hydrogen-bond acceptors (Lipinski definition) is 1. The van der Waals surface area contributed by atoms with Gasteiger partial charge in [-0.1, -0.05) is 30.4 Å². The second-order valence-corrected chi connectivity index (χ2v) is 3.32. The van der Waals surface area contributed by atoms with E-state index in [1.165, 1.54) is 9.13 Å². The Morgan fingerprint density at radius 1 is 1.36 bits per heavy atom. The summed E-state index contributed by atoms with van der Waals surface area (Å²) in [5.74, 6) is 0. The SMILES string of the molecule is NCC=Cc1ccccc1I. The molecule has 1 nitrogen and oxygen atoms in total. The minimum atomic E-state index is 0.602. The van der Waals surface area contributed by atoms with E-state index in [4.69, 9.17) is 5.73 Å². The monoisotopic (exact) mass is 259 g/mol. The Labute approximate surface area is 80.4 Å². The fourth-order valence-corrected chi connectivity index (χ4v) is 1.37. The molecule has 1 rings (SSSR count).